The summed E-state index contributed by atoms with van der Waals surface area (Å²) >= 11 is 3.12. The van der Waals surface area contributed by atoms with Crippen LogP contribution in [0.3, 0.4) is 0 Å². The highest BCUT2D eigenvalue weighted by atomic mass is 35.5. The molecule has 134 valence electrons. The fourth-order valence-corrected chi connectivity index (χ4v) is 5.61. The second-order valence-corrected chi connectivity index (χ2v) is 9.77. The van der Waals surface area contributed by atoms with Crippen LogP contribution in [0.5, 0.6) is 0 Å². The summed E-state index contributed by atoms with van der Waals surface area (Å²) in [5, 5.41) is -0.746. The lowest BCUT2D eigenvalue weighted by Gasteiger charge is -2.40. The number of halogens is 1. The van der Waals surface area contributed by atoms with Crippen LogP contribution >= 0.6 is 11.6 Å². The highest BCUT2D eigenvalue weighted by Gasteiger charge is 2.39. The van der Waals surface area contributed by atoms with Gasteiger partial charge in [-0.05, 0) is 59.1 Å². The van der Waals surface area contributed by atoms with Crippen molar-refractivity contribution in [1.82, 2.24) is 0 Å². The fraction of sp³-hybridized carbons (Fsp3) is 0.562. The minimum atomic E-state index is -3.72. The maximum absolute atomic E-state index is 12.3. The maximum atomic E-state index is 12.3. The average molecular weight is 392 g/mol. The van der Waals surface area contributed by atoms with Crippen molar-refractivity contribution in [2.75, 3.05) is 6.26 Å². The van der Waals surface area contributed by atoms with Gasteiger partial charge in [0.05, 0.1) is 9.64 Å². The molecule has 1 aliphatic rings. The lowest BCUT2D eigenvalue weighted by Crippen LogP contribution is -2.35. The van der Waals surface area contributed by atoms with E-state index in [1.807, 2.05) is 6.92 Å². The lowest BCUT2D eigenvalue weighted by atomic mass is 9.81. The number of carbonyl (C=O) groups excluding carboxylic acids is 1. The number of sulfone groups is 1. The van der Waals surface area contributed by atoms with Gasteiger partial charge in [-0.15, -0.1) is 0 Å². The molecule has 5 nitrogen and oxygen atoms in total. The Labute approximate surface area is 150 Å². The van der Waals surface area contributed by atoms with Crippen molar-refractivity contribution < 1.29 is 22.0 Å². The average Bonchev–Trinajstić information content (AvgIpc) is 2.53. The normalized spacial score (nSPS) is 19.0. The summed E-state index contributed by atoms with van der Waals surface area (Å²) in [6, 6.07) is 2.79. The van der Waals surface area contributed by atoms with Gasteiger partial charge in [-0.2, -0.15) is 0 Å². The molecule has 0 amide bonds. The van der Waals surface area contributed by atoms with Crippen LogP contribution in [0.4, 0.5) is 0 Å². The predicted octanol–water partition coefficient (Wildman–Crippen LogP) is 3.07. The number of benzene rings is 1. The van der Waals surface area contributed by atoms with Crippen LogP contribution in [0.1, 0.15) is 60.5 Å². The van der Waals surface area contributed by atoms with E-state index in [-0.39, 0.29) is 16.0 Å². The van der Waals surface area contributed by atoms with Gasteiger partial charge in [0.1, 0.15) is 0 Å². The van der Waals surface area contributed by atoms with Gasteiger partial charge in [0.25, 0.3) is 5.24 Å². The van der Waals surface area contributed by atoms with Crippen molar-refractivity contribution >= 4 is 37.8 Å². The molecule has 2 rings (SSSR count). The van der Waals surface area contributed by atoms with E-state index in [1.54, 1.807) is 6.07 Å². The molecule has 1 atom stereocenters. The van der Waals surface area contributed by atoms with Crippen molar-refractivity contribution in [2.45, 2.75) is 55.1 Å². The Bertz CT molecular complexity index is 780. The third kappa shape index (κ3) is 3.59. The van der Waals surface area contributed by atoms with Crippen molar-refractivity contribution in [2.24, 2.45) is 0 Å². The second kappa shape index (κ2) is 7.23. The zero-order chi connectivity index (χ0) is 18.1. The summed E-state index contributed by atoms with van der Waals surface area (Å²) in [5.74, 6) is 0. The molecule has 1 fully saturated rings. The molecule has 0 spiro atoms. The Morgan fingerprint density at radius 3 is 2.29 bits per heavy atom. The SMILES string of the molecule is CCc1cc(C2(S(=O)[O-])CCCCC2)c(S(C)(=O)=O)cc1C(=O)Cl. The largest absolute Gasteiger partial charge is 0.772 e. The summed E-state index contributed by atoms with van der Waals surface area (Å²) in [6.07, 6.45) is 4.58. The first kappa shape index (κ1) is 19.6. The molecule has 8 heteroatoms. The molecular formula is C16H20ClO5S2-. The number of hydrogen-bond donors (Lipinski definition) is 0. The number of carbonyl (C=O) groups is 1. The van der Waals surface area contributed by atoms with Crippen LogP contribution in [0, 0.1) is 0 Å². The van der Waals surface area contributed by atoms with Crippen molar-refractivity contribution in [3.8, 4) is 0 Å². The molecule has 1 aliphatic carbocycles. The summed E-state index contributed by atoms with van der Waals surface area (Å²) in [5.41, 5.74) is 0.954. The maximum Gasteiger partial charge on any atom is 0.252 e. The molecule has 1 aromatic rings. The Morgan fingerprint density at radius 2 is 1.88 bits per heavy atom. The van der Waals surface area contributed by atoms with E-state index >= 15 is 0 Å². The smallest absolute Gasteiger partial charge is 0.252 e. The number of rotatable bonds is 5. The van der Waals surface area contributed by atoms with Crippen LogP contribution in [0.2, 0.25) is 0 Å². The van der Waals surface area contributed by atoms with Gasteiger partial charge >= 0.3 is 0 Å². The lowest BCUT2D eigenvalue weighted by molar-refractivity contribution is 0.108. The molecule has 1 aromatic carbocycles. The summed E-state index contributed by atoms with van der Waals surface area (Å²) in [7, 11) is -3.72. The van der Waals surface area contributed by atoms with E-state index in [0.29, 0.717) is 24.8 Å². The van der Waals surface area contributed by atoms with Crippen LogP contribution in [0.25, 0.3) is 0 Å². The first-order valence-corrected chi connectivity index (χ1v) is 11.1. The zero-order valence-electron chi connectivity index (χ0n) is 13.6. The van der Waals surface area contributed by atoms with Crippen molar-refractivity contribution in [1.29, 1.82) is 0 Å². The Balaban J connectivity index is 2.85. The topological polar surface area (TPSA) is 91.3 Å². The van der Waals surface area contributed by atoms with Crippen molar-refractivity contribution in [3.63, 3.8) is 0 Å². The van der Waals surface area contributed by atoms with E-state index in [1.165, 1.54) is 6.07 Å². The van der Waals surface area contributed by atoms with Crippen LogP contribution in [-0.4, -0.2) is 28.7 Å². The van der Waals surface area contributed by atoms with Gasteiger partial charge < -0.3 is 4.55 Å². The molecule has 24 heavy (non-hydrogen) atoms. The van der Waals surface area contributed by atoms with E-state index in [9.17, 15) is 22.0 Å². The number of hydrogen-bond acceptors (Lipinski definition) is 5. The van der Waals surface area contributed by atoms with E-state index < -0.39 is 30.9 Å². The highest BCUT2D eigenvalue weighted by Crippen LogP contribution is 2.45. The monoisotopic (exact) mass is 391 g/mol. The van der Waals surface area contributed by atoms with E-state index in [2.05, 4.69) is 0 Å². The minimum absolute atomic E-state index is 0.116. The molecule has 0 radical (unpaired) electrons. The van der Waals surface area contributed by atoms with Gasteiger partial charge in [0.15, 0.2) is 9.84 Å². The second-order valence-electron chi connectivity index (χ2n) is 6.19. The van der Waals surface area contributed by atoms with Gasteiger partial charge in [-0.1, -0.05) is 32.3 Å². The third-order valence-corrected chi connectivity index (χ3v) is 7.28. The number of aryl methyl sites for hydroxylation is 1. The van der Waals surface area contributed by atoms with E-state index in [4.69, 9.17) is 11.6 Å². The molecule has 0 N–H and O–H groups in total. The molecule has 0 saturated heterocycles. The van der Waals surface area contributed by atoms with Crippen molar-refractivity contribution in [3.05, 3.63) is 28.8 Å². The van der Waals surface area contributed by atoms with Gasteiger partial charge in [-0.3, -0.25) is 9.00 Å². The summed E-state index contributed by atoms with van der Waals surface area (Å²) < 4.78 is 47.5. The van der Waals surface area contributed by atoms with Crippen LogP contribution < -0.4 is 0 Å². The molecule has 1 unspecified atom stereocenters. The fourth-order valence-electron chi connectivity index (χ4n) is 3.41. The van der Waals surface area contributed by atoms with Gasteiger partial charge in [0, 0.05) is 11.8 Å². The Morgan fingerprint density at radius 1 is 1.29 bits per heavy atom. The summed E-state index contributed by atoms with van der Waals surface area (Å²) in [4.78, 5) is 11.5. The first-order chi connectivity index (χ1) is 11.1. The third-order valence-electron chi connectivity index (χ3n) is 4.67. The standard InChI is InChI=1S/C16H21ClO5S2/c1-3-11-9-13(16(23(19)20)7-5-4-6-8-16)14(24(2,21)22)10-12(11)15(17)18/h9-10H,3-8H2,1-2H3,(H,19,20)/p-1. The molecule has 0 aromatic heterocycles. The molecule has 0 bridgehead atoms. The van der Waals surface area contributed by atoms with Crippen LogP contribution in [-0.2, 0) is 32.1 Å². The molecular weight excluding hydrogens is 372 g/mol. The predicted molar refractivity (Wildman–Crippen MR) is 92.8 cm³/mol. The molecule has 0 aliphatic heterocycles. The molecule has 1 saturated carbocycles. The highest BCUT2D eigenvalue weighted by molar-refractivity contribution is 7.90. The van der Waals surface area contributed by atoms with E-state index in [0.717, 1.165) is 25.5 Å². The molecule has 0 heterocycles. The Kier molecular flexibility index (Phi) is 5.90. The summed E-state index contributed by atoms with van der Waals surface area (Å²) in [6.45, 7) is 1.81. The van der Waals surface area contributed by atoms with Gasteiger partial charge in [0.2, 0.25) is 0 Å². The first-order valence-electron chi connectivity index (χ1n) is 7.80. The van der Waals surface area contributed by atoms with Crippen LogP contribution in [0.15, 0.2) is 17.0 Å². The quantitative estimate of drug-likeness (QED) is 0.568. The minimum Gasteiger partial charge on any atom is -0.772 e. The Hall–Kier alpha value is -0.760. The zero-order valence-corrected chi connectivity index (χ0v) is 16.0. The van der Waals surface area contributed by atoms with Gasteiger partial charge in [-0.25, -0.2) is 8.42 Å².